The number of carbonyl (C=O) groups is 1. The quantitative estimate of drug-likeness (QED) is 0.744. The molecule has 1 aliphatic rings. The van der Waals surface area contributed by atoms with E-state index >= 15 is 0 Å². The average Bonchev–Trinajstić information content (AvgIpc) is 2.84. The number of rotatable bonds is 4. The number of benzene rings is 1. The number of alkyl halides is 1. The summed E-state index contributed by atoms with van der Waals surface area (Å²) in [7, 11) is 0. The summed E-state index contributed by atoms with van der Waals surface area (Å²) in [4.78, 5) is 12.0. The van der Waals surface area contributed by atoms with Gasteiger partial charge in [0, 0.05) is 29.5 Å². The zero-order chi connectivity index (χ0) is 13.9. The molecule has 0 bridgehead atoms. The Labute approximate surface area is 117 Å². The molecule has 19 heavy (non-hydrogen) atoms. The van der Waals surface area contributed by atoms with Crippen molar-refractivity contribution in [2.45, 2.75) is 25.7 Å². The first-order valence-corrected chi connectivity index (χ1v) is 6.95. The Kier molecular flexibility index (Phi) is 4.20. The molecule has 0 unspecified atom stereocenters. The van der Waals surface area contributed by atoms with Gasteiger partial charge < -0.3 is 15.5 Å². The zero-order valence-corrected chi connectivity index (χ0v) is 11.4. The summed E-state index contributed by atoms with van der Waals surface area (Å²) in [6, 6.07) is 3.85. The molecule has 0 aromatic heterocycles. The highest BCUT2D eigenvalue weighted by Crippen LogP contribution is 2.38. The van der Waals surface area contributed by atoms with E-state index in [1.165, 1.54) is 18.2 Å². The minimum absolute atomic E-state index is 0.00388. The number of phenols is 2. The molecule has 1 aliphatic carbocycles. The third-order valence-corrected chi connectivity index (χ3v) is 4.30. The van der Waals surface area contributed by atoms with Gasteiger partial charge in [0.15, 0.2) is 0 Å². The van der Waals surface area contributed by atoms with Crippen molar-refractivity contribution >= 4 is 17.5 Å². The fraction of sp³-hybridized carbons (Fsp3) is 0.500. The van der Waals surface area contributed by atoms with Gasteiger partial charge in [0.05, 0.1) is 0 Å². The van der Waals surface area contributed by atoms with E-state index in [2.05, 4.69) is 5.32 Å². The van der Waals surface area contributed by atoms with Crippen molar-refractivity contribution in [3.05, 3.63) is 23.8 Å². The Bertz CT molecular complexity index is 450. The SMILES string of the molecule is O=C(NCC1(CCl)CCCC1)c1cc(O)cc(O)c1. The van der Waals surface area contributed by atoms with Gasteiger partial charge in [0.25, 0.3) is 5.91 Å². The molecule has 1 aromatic carbocycles. The van der Waals surface area contributed by atoms with E-state index in [0.717, 1.165) is 25.7 Å². The molecule has 1 fully saturated rings. The van der Waals surface area contributed by atoms with Gasteiger partial charge in [-0.05, 0) is 25.0 Å². The number of carbonyl (C=O) groups excluding carboxylic acids is 1. The maximum Gasteiger partial charge on any atom is 0.251 e. The zero-order valence-electron chi connectivity index (χ0n) is 10.7. The molecule has 2 rings (SSSR count). The van der Waals surface area contributed by atoms with Gasteiger partial charge in [-0.3, -0.25) is 4.79 Å². The second-order valence-electron chi connectivity index (χ2n) is 5.26. The molecular formula is C14H18ClNO3. The van der Waals surface area contributed by atoms with E-state index in [9.17, 15) is 15.0 Å². The van der Waals surface area contributed by atoms with E-state index in [1.807, 2.05) is 0 Å². The number of halogens is 1. The summed E-state index contributed by atoms with van der Waals surface area (Å²) in [5.41, 5.74) is 0.246. The predicted octanol–water partition coefficient (Wildman–Crippen LogP) is 2.63. The second-order valence-corrected chi connectivity index (χ2v) is 5.53. The maximum atomic E-state index is 12.0. The van der Waals surface area contributed by atoms with Crippen molar-refractivity contribution in [1.82, 2.24) is 5.32 Å². The second kappa shape index (κ2) is 5.70. The number of amides is 1. The van der Waals surface area contributed by atoms with Crippen molar-refractivity contribution in [2.75, 3.05) is 12.4 Å². The van der Waals surface area contributed by atoms with Crippen LogP contribution in [0.4, 0.5) is 0 Å². The highest BCUT2D eigenvalue weighted by atomic mass is 35.5. The fourth-order valence-corrected chi connectivity index (χ4v) is 2.94. The molecule has 0 heterocycles. The fourth-order valence-electron chi connectivity index (χ4n) is 2.58. The van der Waals surface area contributed by atoms with Crippen LogP contribution in [0.5, 0.6) is 11.5 Å². The van der Waals surface area contributed by atoms with Crippen LogP contribution >= 0.6 is 11.6 Å². The van der Waals surface area contributed by atoms with Crippen LogP contribution in [0.2, 0.25) is 0 Å². The van der Waals surface area contributed by atoms with Crippen molar-refractivity contribution in [3.8, 4) is 11.5 Å². The van der Waals surface area contributed by atoms with E-state index in [1.54, 1.807) is 0 Å². The molecule has 3 N–H and O–H groups in total. The number of aromatic hydroxyl groups is 2. The Morgan fingerprint density at radius 2 is 1.79 bits per heavy atom. The predicted molar refractivity (Wildman–Crippen MR) is 73.7 cm³/mol. The molecule has 0 saturated heterocycles. The maximum absolute atomic E-state index is 12.0. The molecule has 0 atom stereocenters. The Balaban J connectivity index is 2.01. The number of hydrogen-bond acceptors (Lipinski definition) is 3. The molecule has 1 saturated carbocycles. The average molecular weight is 284 g/mol. The van der Waals surface area contributed by atoms with Crippen LogP contribution in [-0.4, -0.2) is 28.5 Å². The Morgan fingerprint density at radius 1 is 1.21 bits per heavy atom. The summed E-state index contributed by atoms with van der Waals surface area (Å²) in [5, 5.41) is 21.6. The van der Waals surface area contributed by atoms with Crippen molar-refractivity contribution in [2.24, 2.45) is 5.41 Å². The summed E-state index contributed by atoms with van der Waals surface area (Å²) < 4.78 is 0. The first-order valence-electron chi connectivity index (χ1n) is 6.42. The van der Waals surface area contributed by atoms with Gasteiger partial charge in [0.1, 0.15) is 11.5 Å². The van der Waals surface area contributed by atoms with Crippen LogP contribution in [-0.2, 0) is 0 Å². The molecule has 0 spiro atoms. The molecular weight excluding hydrogens is 266 g/mol. The third-order valence-electron chi connectivity index (χ3n) is 3.74. The molecule has 1 amide bonds. The largest absolute Gasteiger partial charge is 0.508 e. The van der Waals surface area contributed by atoms with Crippen molar-refractivity contribution in [1.29, 1.82) is 0 Å². The lowest BCUT2D eigenvalue weighted by molar-refractivity contribution is 0.0934. The van der Waals surface area contributed by atoms with Crippen LogP contribution in [0.1, 0.15) is 36.0 Å². The van der Waals surface area contributed by atoms with Crippen LogP contribution < -0.4 is 5.32 Å². The number of hydrogen-bond donors (Lipinski definition) is 3. The minimum Gasteiger partial charge on any atom is -0.508 e. The number of phenolic OH excluding ortho intramolecular Hbond substituents is 2. The lowest BCUT2D eigenvalue weighted by Crippen LogP contribution is -2.37. The smallest absolute Gasteiger partial charge is 0.251 e. The first kappa shape index (κ1) is 14.0. The van der Waals surface area contributed by atoms with E-state index in [4.69, 9.17) is 11.6 Å². The van der Waals surface area contributed by atoms with Crippen molar-refractivity contribution < 1.29 is 15.0 Å². The van der Waals surface area contributed by atoms with E-state index < -0.39 is 0 Å². The normalized spacial score (nSPS) is 17.3. The van der Waals surface area contributed by atoms with Gasteiger partial charge >= 0.3 is 0 Å². The van der Waals surface area contributed by atoms with Gasteiger partial charge in [0.2, 0.25) is 0 Å². The van der Waals surface area contributed by atoms with Crippen LogP contribution in [0.3, 0.4) is 0 Å². The molecule has 104 valence electrons. The topological polar surface area (TPSA) is 69.6 Å². The summed E-state index contributed by atoms with van der Waals surface area (Å²) in [6.07, 6.45) is 4.36. The minimum atomic E-state index is -0.303. The number of nitrogens with one attached hydrogen (secondary N) is 1. The standard InChI is InChI=1S/C14H18ClNO3/c15-8-14(3-1-2-4-14)9-16-13(19)10-5-11(17)7-12(18)6-10/h5-7,17-18H,1-4,8-9H2,(H,16,19). The van der Waals surface area contributed by atoms with Gasteiger partial charge in [-0.1, -0.05) is 12.8 Å². The monoisotopic (exact) mass is 283 g/mol. The van der Waals surface area contributed by atoms with Crippen molar-refractivity contribution in [3.63, 3.8) is 0 Å². The molecule has 0 radical (unpaired) electrons. The summed E-state index contributed by atoms with van der Waals surface area (Å²) in [5.74, 6) is -0.0165. The molecule has 4 nitrogen and oxygen atoms in total. The van der Waals surface area contributed by atoms with Gasteiger partial charge in [-0.2, -0.15) is 0 Å². The molecule has 0 aliphatic heterocycles. The first-order chi connectivity index (χ1) is 9.04. The summed E-state index contributed by atoms with van der Waals surface area (Å²) >= 11 is 6.01. The van der Waals surface area contributed by atoms with Gasteiger partial charge in [-0.15, -0.1) is 11.6 Å². The van der Waals surface area contributed by atoms with Crippen LogP contribution in [0, 0.1) is 5.41 Å². The lowest BCUT2D eigenvalue weighted by Gasteiger charge is -2.26. The highest BCUT2D eigenvalue weighted by molar-refractivity contribution is 6.18. The highest BCUT2D eigenvalue weighted by Gasteiger charge is 2.33. The van der Waals surface area contributed by atoms with E-state index in [-0.39, 0.29) is 28.4 Å². The van der Waals surface area contributed by atoms with Gasteiger partial charge in [-0.25, -0.2) is 0 Å². The van der Waals surface area contributed by atoms with E-state index in [0.29, 0.717) is 12.4 Å². The third kappa shape index (κ3) is 3.32. The lowest BCUT2D eigenvalue weighted by atomic mass is 9.88. The van der Waals surface area contributed by atoms with Crippen LogP contribution in [0.15, 0.2) is 18.2 Å². The molecule has 1 aromatic rings. The Morgan fingerprint density at radius 3 is 2.32 bits per heavy atom. The molecule has 5 heteroatoms. The van der Waals surface area contributed by atoms with Crippen LogP contribution in [0.25, 0.3) is 0 Å². The summed E-state index contributed by atoms with van der Waals surface area (Å²) in [6.45, 7) is 0.533. The Hall–Kier alpha value is -1.42.